The van der Waals surface area contributed by atoms with E-state index in [2.05, 4.69) is 5.32 Å². The molecule has 0 heterocycles. The van der Waals surface area contributed by atoms with Crippen LogP contribution >= 0.6 is 0 Å². The minimum Gasteiger partial charge on any atom is -0.508 e. The number of phenolic OH excluding ortho intramolecular Hbond substituents is 1. The molecule has 0 radical (unpaired) electrons. The quantitative estimate of drug-likeness (QED) is 0.613. The van der Waals surface area contributed by atoms with Crippen LogP contribution < -0.4 is 5.32 Å². The van der Waals surface area contributed by atoms with Crippen molar-refractivity contribution in [2.24, 2.45) is 0 Å². The van der Waals surface area contributed by atoms with Crippen LogP contribution in [0.15, 0.2) is 42.1 Å². The summed E-state index contributed by atoms with van der Waals surface area (Å²) in [5.41, 5.74) is 1.33. The molecule has 0 bridgehead atoms. The number of hydrogen-bond acceptors (Lipinski definition) is 3. The van der Waals surface area contributed by atoms with Crippen LogP contribution in [0.4, 0.5) is 0 Å². The fourth-order valence-corrected chi connectivity index (χ4v) is 1.15. The maximum atomic E-state index is 11.5. The topological polar surface area (TPSA) is 73.1 Å². The van der Waals surface area contributed by atoms with E-state index in [1.165, 1.54) is 12.3 Å². The minimum atomic E-state index is -0.274. The molecule has 0 aromatic heterocycles. The molecule has 0 atom stereocenters. The Balaban J connectivity index is 2.72. The summed E-state index contributed by atoms with van der Waals surface area (Å²) in [6, 6.07) is 8.28. The third-order valence-electron chi connectivity index (χ3n) is 2.01. The molecule has 1 amide bonds. The number of nitrogens with zero attached hydrogens (tertiary/aromatic N) is 1. The Morgan fingerprint density at radius 1 is 1.41 bits per heavy atom. The van der Waals surface area contributed by atoms with Gasteiger partial charge in [0.25, 0.3) is 5.91 Å². The van der Waals surface area contributed by atoms with Gasteiger partial charge in [0, 0.05) is 17.8 Å². The third-order valence-corrected chi connectivity index (χ3v) is 2.01. The summed E-state index contributed by atoms with van der Waals surface area (Å²) in [5.74, 6) is -0.0919. The van der Waals surface area contributed by atoms with E-state index in [4.69, 9.17) is 10.4 Å². The lowest BCUT2D eigenvalue weighted by atomic mass is 10.1. The number of benzene rings is 1. The van der Waals surface area contributed by atoms with Crippen LogP contribution in [0.2, 0.25) is 0 Å². The Kier molecular flexibility index (Phi) is 4.52. The largest absolute Gasteiger partial charge is 0.508 e. The van der Waals surface area contributed by atoms with Crippen LogP contribution in [0, 0.1) is 11.3 Å². The fourth-order valence-electron chi connectivity index (χ4n) is 1.15. The number of amides is 1. The molecule has 86 valence electrons. The number of carbonyl (C=O) groups excluding carboxylic acids is 1. The molecule has 0 spiro atoms. The first kappa shape index (κ1) is 12.5. The van der Waals surface area contributed by atoms with E-state index < -0.39 is 0 Å². The standard InChI is InChI=1S/C13H12N2O2/c1-10(13(17)15-8-2-7-14)9-11-3-5-12(16)6-4-11/h2-6,8-9,16H,1H3,(H,15,17). The van der Waals surface area contributed by atoms with Gasteiger partial charge in [-0.1, -0.05) is 12.1 Å². The second-order valence-corrected chi connectivity index (χ2v) is 3.35. The van der Waals surface area contributed by atoms with Crippen LogP contribution in [-0.2, 0) is 4.79 Å². The summed E-state index contributed by atoms with van der Waals surface area (Å²) in [4.78, 5) is 11.5. The van der Waals surface area contributed by atoms with E-state index in [0.717, 1.165) is 5.56 Å². The van der Waals surface area contributed by atoms with Gasteiger partial charge in [0.15, 0.2) is 0 Å². The third kappa shape index (κ3) is 4.22. The first-order chi connectivity index (χ1) is 8.13. The van der Waals surface area contributed by atoms with E-state index >= 15 is 0 Å². The summed E-state index contributed by atoms with van der Waals surface area (Å²) in [7, 11) is 0. The highest BCUT2D eigenvalue weighted by Crippen LogP contribution is 2.12. The van der Waals surface area contributed by atoms with Gasteiger partial charge >= 0.3 is 0 Å². The lowest BCUT2D eigenvalue weighted by Crippen LogP contribution is -2.17. The number of phenols is 1. The maximum absolute atomic E-state index is 11.5. The number of nitriles is 1. The van der Waals surface area contributed by atoms with Gasteiger partial charge in [0.2, 0.25) is 0 Å². The number of allylic oxidation sites excluding steroid dienone is 1. The molecule has 0 aliphatic heterocycles. The predicted octanol–water partition coefficient (Wildman–Crippen LogP) is 1.95. The molecular formula is C13H12N2O2. The van der Waals surface area contributed by atoms with Crippen molar-refractivity contribution in [1.29, 1.82) is 5.26 Å². The van der Waals surface area contributed by atoms with Gasteiger partial charge in [0.1, 0.15) is 5.75 Å². The van der Waals surface area contributed by atoms with E-state index in [1.807, 2.05) is 0 Å². The Morgan fingerprint density at radius 3 is 2.65 bits per heavy atom. The smallest absolute Gasteiger partial charge is 0.250 e. The van der Waals surface area contributed by atoms with Gasteiger partial charge in [-0.3, -0.25) is 4.79 Å². The maximum Gasteiger partial charge on any atom is 0.250 e. The fraction of sp³-hybridized carbons (Fsp3) is 0.0769. The van der Waals surface area contributed by atoms with Crippen molar-refractivity contribution in [3.05, 3.63) is 47.7 Å². The normalized spacial score (nSPS) is 11.2. The summed E-state index contributed by atoms with van der Waals surface area (Å²) in [5, 5.41) is 19.8. The number of aromatic hydroxyl groups is 1. The Hall–Kier alpha value is -2.54. The van der Waals surface area contributed by atoms with Gasteiger partial charge < -0.3 is 10.4 Å². The zero-order chi connectivity index (χ0) is 12.7. The number of carbonyl (C=O) groups is 1. The van der Waals surface area contributed by atoms with Gasteiger partial charge in [-0.2, -0.15) is 5.26 Å². The molecule has 1 aromatic carbocycles. The van der Waals surface area contributed by atoms with Gasteiger partial charge in [-0.15, -0.1) is 0 Å². The minimum absolute atomic E-state index is 0.182. The van der Waals surface area contributed by atoms with Crippen molar-refractivity contribution < 1.29 is 9.90 Å². The Bertz CT molecular complexity index is 493. The zero-order valence-electron chi connectivity index (χ0n) is 9.34. The molecule has 0 aliphatic rings. The molecule has 1 rings (SSSR count). The van der Waals surface area contributed by atoms with Crippen molar-refractivity contribution in [3.63, 3.8) is 0 Å². The van der Waals surface area contributed by atoms with Crippen LogP contribution in [0.3, 0.4) is 0 Å². The SMILES string of the molecule is CC(=Cc1ccc(O)cc1)C(=O)NC=CC#N. The molecule has 4 nitrogen and oxygen atoms in total. The molecule has 0 fully saturated rings. The van der Waals surface area contributed by atoms with Crippen molar-refractivity contribution in [3.8, 4) is 11.8 Å². The van der Waals surface area contributed by atoms with Crippen molar-refractivity contribution in [1.82, 2.24) is 5.32 Å². The molecular weight excluding hydrogens is 216 g/mol. The van der Waals surface area contributed by atoms with Gasteiger partial charge in [-0.05, 0) is 30.7 Å². The van der Waals surface area contributed by atoms with Gasteiger partial charge in [-0.25, -0.2) is 0 Å². The Morgan fingerprint density at radius 2 is 2.06 bits per heavy atom. The highest BCUT2D eigenvalue weighted by atomic mass is 16.3. The van der Waals surface area contributed by atoms with Crippen LogP contribution in [0.1, 0.15) is 12.5 Å². The summed E-state index contributed by atoms with van der Waals surface area (Å²) >= 11 is 0. The average Bonchev–Trinajstić information content (AvgIpc) is 2.32. The molecule has 1 aromatic rings. The number of rotatable bonds is 3. The second-order valence-electron chi connectivity index (χ2n) is 3.35. The monoisotopic (exact) mass is 228 g/mol. The first-order valence-electron chi connectivity index (χ1n) is 4.96. The number of hydrogen-bond donors (Lipinski definition) is 2. The molecule has 0 saturated heterocycles. The van der Waals surface area contributed by atoms with Crippen molar-refractivity contribution in [2.45, 2.75) is 6.92 Å². The van der Waals surface area contributed by atoms with E-state index in [0.29, 0.717) is 5.57 Å². The highest BCUT2D eigenvalue weighted by Gasteiger charge is 2.01. The van der Waals surface area contributed by atoms with Crippen LogP contribution in [0.5, 0.6) is 5.75 Å². The molecule has 17 heavy (non-hydrogen) atoms. The van der Waals surface area contributed by atoms with E-state index in [-0.39, 0.29) is 11.7 Å². The summed E-state index contributed by atoms with van der Waals surface area (Å²) in [6.07, 6.45) is 4.16. The molecule has 0 unspecified atom stereocenters. The highest BCUT2D eigenvalue weighted by molar-refractivity contribution is 5.97. The van der Waals surface area contributed by atoms with Crippen LogP contribution in [-0.4, -0.2) is 11.0 Å². The van der Waals surface area contributed by atoms with Crippen LogP contribution in [0.25, 0.3) is 6.08 Å². The zero-order valence-corrected chi connectivity index (χ0v) is 9.34. The number of nitrogens with one attached hydrogen (secondary N) is 1. The van der Waals surface area contributed by atoms with E-state index in [9.17, 15) is 4.79 Å². The molecule has 0 saturated carbocycles. The lowest BCUT2D eigenvalue weighted by molar-refractivity contribution is -0.116. The summed E-state index contributed by atoms with van der Waals surface area (Å²) in [6.45, 7) is 1.67. The van der Waals surface area contributed by atoms with Crippen molar-refractivity contribution in [2.75, 3.05) is 0 Å². The van der Waals surface area contributed by atoms with E-state index in [1.54, 1.807) is 43.3 Å². The molecule has 0 aliphatic carbocycles. The first-order valence-corrected chi connectivity index (χ1v) is 4.96. The summed E-state index contributed by atoms with van der Waals surface area (Å²) < 4.78 is 0. The van der Waals surface area contributed by atoms with Crippen molar-refractivity contribution >= 4 is 12.0 Å². The molecule has 4 heteroatoms. The Labute approximate surface area is 99.5 Å². The van der Waals surface area contributed by atoms with Gasteiger partial charge in [0.05, 0.1) is 6.07 Å². The average molecular weight is 228 g/mol. The lowest BCUT2D eigenvalue weighted by Gasteiger charge is -2.00. The predicted molar refractivity (Wildman–Crippen MR) is 64.7 cm³/mol. The second kappa shape index (κ2) is 6.13. The molecule has 2 N–H and O–H groups in total.